The maximum Gasteiger partial charge on any atom is 0.410 e. The monoisotopic (exact) mass is 295 g/mol. The van der Waals surface area contributed by atoms with E-state index in [0.717, 1.165) is 11.0 Å². The van der Waals surface area contributed by atoms with Crippen LogP contribution >= 0.6 is 0 Å². The second kappa shape index (κ2) is 4.75. The Hall–Kier alpha value is -0.995. The summed E-state index contributed by atoms with van der Waals surface area (Å²) >= 11 is 0. The molecular weight excluding hydrogens is 279 g/mol. The molecule has 8 heteroatoms. The zero-order chi connectivity index (χ0) is 14.6. The smallest absolute Gasteiger partial charge is 0.410 e. The summed E-state index contributed by atoms with van der Waals surface area (Å²) in [6.07, 6.45) is -4.95. The molecule has 6 atom stereocenters. The van der Waals surface area contributed by atoms with E-state index < -0.39 is 37.5 Å². The summed E-state index contributed by atoms with van der Waals surface area (Å²) in [5.41, 5.74) is 1.76. The Kier molecular flexibility index (Phi) is 3.09. The van der Waals surface area contributed by atoms with Crippen LogP contribution < -0.4 is 5.46 Å². The Morgan fingerprint density at radius 3 is 2.71 bits per heavy atom. The van der Waals surface area contributed by atoms with Gasteiger partial charge in [0.1, 0.15) is 12.2 Å². The van der Waals surface area contributed by atoms with Gasteiger partial charge in [0, 0.05) is 6.61 Å². The molecule has 114 valence electrons. The molecule has 2 fully saturated rings. The van der Waals surface area contributed by atoms with Crippen LogP contribution in [-0.4, -0.2) is 59.4 Å². The normalized spacial score (nSPS) is 44.8. The van der Waals surface area contributed by atoms with E-state index in [4.69, 9.17) is 18.7 Å². The van der Waals surface area contributed by atoms with E-state index in [1.807, 2.05) is 24.3 Å². The lowest BCUT2D eigenvalue weighted by Gasteiger charge is -2.39. The minimum Gasteiger partial charge on any atom is -0.537 e. The molecule has 3 heterocycles. The zero-order valence-corrected chi connectivity index (χ0v) is 11.2. The van der Waals surface area contributed by atoms with Crippen molar-refractivity contribution in [3.8, 4) is 0 Å². The van der Waals surface area contributed by atoms with Crippen LogP contribution in [0, 0.1) is 0 Å². The molecule has 21 heavy (non-hydrogen) atoms. The summed E-state index contributed by atoms with van der Waals surface area (Å²) in [5, 5.41) is 29.1. The highest BCUT2D eigenvalue weighted by molar-refractivity contribution is 6.77. The molecule has 0 saturated carbocycles. The first-order valence-corrected chi connectivity index (χ1v) is 6.98. The molecule has 3 aliphatic rings. The molecule has 3 N–H and O–H groups in total. The third-order valence-corrected chi connectivity index (χ3v) is 4.38. The van der Waals surface area contributed by atoms with Crippen molar-refractivity contribution in [1.82, 2.24) is 0 Å². The van der Waals surface area contributed by atoms with E-state index in [9.17, 15) is 15.3 Å². The number of hydrogen-bond acceptors (Lipinski definition) is 7. The Morgan fingerprint density at radius 2 is 1.90 bits per heavy atom. The van der Waals surface area contributed by atoms with Gasteiger partial charge < -0.3 is 34.0 Å². The summed E-state index contributed by atoms with van der Waals surface area (Å²) in [7, 11) is 0. The lowest BCUT2D eigenvalue weighted by molar-refractivity contribution is -0.264. The third-order valence-electron chi connectivity index (χ3n) is 4.38. The van der Waals surface area contributed by atoms with Gasteiger partial charge in [0.2, 0.25) is 0 Å². The molecule has 1 spiro atoms. The van der Waals surface area contributed by atoms with Gasteiger partial charge in [-0.25, -0.2) is 0 Å². The first-order valence-electron chi connectivity index (χ1n) is 6.98. The fraction of sp³-hybridized carbons (Fsp3) is 0.538. The molecule has 2 saturated heterocycles. The van der Waals surface area contributed by atoms with Crippen molar-refractivity contribution in [2.75, 3.05) is 6.61 Å². The number of rotatable bonds is 1. The lowest BCUT2D eigenvalue weighted by atomic mass is 9.70. The van der Waals surface area contributed by atoms with E-state index in [1.54, 1.807) is 0 Å². The van der Waals surface area contributed by atoms with E-state index in [0.29, 0.717) is 6.61 Å². The maximum atomic E-state index is 10.0. The molecule has 0 radical (unpaired) electrons. The number of aliphatic hydroxyl groups is 3. The second-order valence-corrected chi connectivity index (χ2v) is 5.59. The van der Waals surface area contributed by atoms with Gasteiger partial charge in [-0.3, -0.25) is 0 Å². The van der Waals surface area contributed by atoms with E-state index >= 15 is 0 Å². The van der Waals surface area contributed by atoms with Crippen LogP contribution in [0.15, 0.2) is 24.3 Å². The molecule has 0 bridgehead atoms. The fourth-order valence-corrected chi connectivity index (χ4v) is 3.35. The zero-order valence-electron chi connectivity index (χ0n) is 11.2. The molecule has 3 aliphatic heterocycles. The molecule has 0 aliphatic carbocycles. The SMILES string of the molecule is OC[C@H]1OC(O)[C@H](O)[C@H]2O[B-]3(OCc4ccccc43)O[C@H]21. The van der Waals surface area contributed by atoms with Gasteiger partial charge in [-0.1, -0.05) is 29.8 Å². The topological polar surface area (TPSA) is 97.6 Å². The van der Waals surface area contributed by atoms with Crippen LogP contribution in [0.4, 0.5) is 0 Å². The van der Waals surface area contributed by atoms with Crippen molar-refractivity contribution in [2.45, 2.75) is 37.3 Å². The van der Waals surface area contributed by atoms with Crippen LogP contribution in [0.25, 0.3) is 0 Å². The van der Waals surface area contributed by atoms with Gasteiger partial charge in [-0.15, -0.1) is 5.46 Å². The van der Waals surface area contributed by atoms with Crippen molar-refractivity contribution >= 4 is 12.2 Å². The fourth-order valence-electron chi connectivity index (χ4n) is 3.35. The highest BCUT2D eigenvalue weighted by Gasteiger charge is 2.56. The first kappa shape index (κ1) is 13.7. The van der Waals surface area contributed by atoms with Gasteiger partial charge in [-0.2, -0.15) is 0 Å². The average molecular weight is 295 g/mol. The molecule has 0 aromatic heterocycles. The van der Waals surface area contributed by atoms with Crippen LogP contribution in [0.2, 0.25) is 0 Å². The molecule has 1 aromatic rings. The summed E-state index contributed by atoms with van der Waals surface area (Å²) in [6, 6.07) is 7.54. The van der Waals surface area contributed by atoms with Crippen molar-refractivity contribution < 1.29 is 34.0 Å². The minimum absolute atomic E-state index is 0.345. The summed E-state index contributed by atoms with van der Waals surface area (Å²) < 4.78 is 22.7. The highest BCUT2D eigenvalue weighted by Crippen LogP contribution is 2.38. The standard InChI is InChI=1S/C13H16BO7/c15-5-9-11-12(10(16)13(17)19-9)21-14(20-11)8-4-2-1-3-7(8)6-18-14/h1-4,9-13,15-17H,5-6H2/q-1/t9-,10-,11+,12-,13?,14?/m1/s1. The summed E-state index contributed by atoms with van der Waals surface area (Å²) in [4.78, 5) is 0. The van der Waals surface area contributed by atoms with Gasteiger partial charge in [0.25, 0.3) is 0 Å². The number of benzene rings is 1. The number of aliphatic hydroxyl groups excluding tert-OH is 3. The molecule has 0 amide bonds. The predicted octanol–water partition coefficient (Wildman–Crippen LogP) is -1.78. The van der Waals surface area contributed by atoms with Crippen LogP contribution in [0.1, 0.15) is 5.56 Å². The van der Waals surface area contributed by atoms with Gasteiger partial charge >= 0.3 is 6.75 Å². The number of ether oxygens (including phenoxy) is 1. The molecule has 7 nitrogen and oxygen atoms in total. The molecular formula is C13H16BO7-. The van der Waals surface area contributed by atoms with Crippen LogP contribution in [-0.2, 0) is 25.3 Å². The van der Waals surface area contributed by atoms with Crippen molar-refractivity contribution in [1.29, 1.82) is 0 Å². The summed E-state index contributed by atoms with van der Waals surface area (Å²) in [6.45, 7) is -2.16. The Morgan fingerprint density at radius 1 is 1.14 bits per heavy atom. The maximum absolute atomic E-state index is 10.0. The second-order valence-electron chi connectivity index (χ2n) is 5.59. The predicted molar refractivity (Wildman–Crippen MR) is 70.3 cm³/mol. The Balaban J connectivity index is 1.70. The highest BCUT2D eigenvalue weighted by atomic mass is 16.8. The molecule has 1 aromatic carbocycles. The van der Waals surface area contributed by atoms with Crippen molar-refractivity contribution in [2.24, 2.45) is 0 Å². The minimum atomic E-state index is -2.17. The Labute approximate surface area is 121 Å². The Bertz CT molecular complexity index is 547. The average Bonchev–Trinajstić information content (AvgIpc) is 3.06. The van der Waals surface area contributed by atoms with Gasteiger partial charge in [0.15, 0.2) is 6.29 Å². The third kappa shape index (κ3) is 1.88. The lowest BCUT2D eigenvalue weighted by Crippen LogP contribution is -2.57. The number of hydrogen-bond donors (Lipinski definition) is 3. The first-order chi connectivity index (χ1) is 10.1. The van der Waals surface area contributed by atoms with Gasteiger partial charge in [-0.05, 0) is 0 Å². The van der Waals surface area contributed by atoms with E-state index in [2.05, 4.69) is 0 Å². The largest absolute Gasteiger partial charge is 0.537 e. The molecule has 4 rings (SSSR count). The van der Waals surface area contributed by atoms with E-state index in [1.165, 1.54) is 0 Å². The molecule has 2 unspecified atom stereocenters. The summed E-state index contributed by atoms with van der Waals surface area (Å²) in [5.74, 6) is 0. The quantitative estimate of drug-likeness (QED) is 0.527. The van der Waals surface area contributed by atoms with Crippen molar-refractivity contribution in [3.63, 3.8) is 0 Å². The van der Waals surface area contributed by atoms with Crippen LogP contribution in [0.5, 0.6) is 0 Å². The van der Waals surface area contributed by atoms with Gasteiger partial charge in [0.05, 0.1) is 18.8 Å². The van der Waals surface area contributed by atoms with Crippen molar-refractivity contribution in [3.05, 3.63) is 29.8 Å². The van der Waals surface area contributed by atoms with E-state index in [-0.39, 0.29) is 6.61 Å². The number of fused-ring (bicyclic) bond motifs is 3. The van der Waals surface area contributed by atoms with Crippen LogP contribution in [0.3, 0.4) is 0 Å².